The van der Waals surface area contributed by atoms with Crippen molar-refractivity contribution in [2.45, 2.75) is 67.1 Å². The maximum absolute atomic E-state index is 6.21. The van der Waals surface area contributed by atoms with Crippen molar-refractivity contribution in [3.63, 3.8) is 0 Å². The standard InChI is InChI=1S/C19H21N.C18H22N2.C17H19ClN2S.C16H18N2/c1-20-14-6-11-19-17-9-4-2-7-15(17)12-13-16-8-3-5-10-18(16)19;1-19-13-6-14-20-17-9-4-2-7-15(17)11-12-16-8-3-5-10-18(16)20;1-19(2)10-5-11-20-14-6-3-4-7-16(14)21-17-9-8-13(18)12-15(17)20;17-11-12-18-15-7-3-1-5-13(15)9-10-14-6-2-4-8-16(14)18/h2-5,7-10,12-13,19-20H,6,11,14H2,1H3;2-5,7-10,19H,6,11-14H2,1H3;3-4,6-9,12H,5,10-11H2,1-2H3;1-8H,9-12,17H2. The fraction of sp³-hybridized carbons (Fsp3) is 0.286. The Morgan fingerprint density at radius 2 is 0.899 bits per heavy atom. The van der Waals surface area contributed by atoms with Gasteiger partial charge in [0, 0.05) is 69.7 Å². The molecule has 7 nitrogen and oxygen atoms in total. The van der Waals surface area contributed by atoms with E-state index in [0.29, 0.717) is 12.5 Å². The van der Waals surface area contributed by atoms with E-state index in [1.807, 2.05) is 31.9 Å². The van der Waals surface area contributed by atoms with Gasteiger partial charge in [0.1, 0.15) is 0 Å². The summed E-state index contributed by atoms with van der Waals surface area (Å²) >= 11 is 8.03. The summed E-state index contributed by atoms with van der Waals surface area (Å²) in [6.45, 7) is 6.82. The van der Waals surface area contributed by atoms with Crippen LogP contribution in [0.2, 0.25) is 5.02 Å². The maximum atomic E-state index is 6.21. The van der Waals surface area contributed by atoms with Gasteiger partial charge in [-0.05, 0) is 198 Å². The topological polar surface area (TPSA) is 63.0 Å². The molecule has 12 rings (SSSR count). The predicted molar refractivity (Wildman–Crippen MR) is 341 cm³/mol. The van der Waals surface area contributed by atoms with Crippen LogP contribution in [0.25, 0.3) is 12.2 Å². The Morgan fingerprint density at radius 3 is 1.41 bits per heavy atom. The van der Waals surface area contributed by atoms with Crippen LogP contribution in [0.1, 0.15) is 76.1 Å². The van der Waals surface area contributed by atoms with Gasteiger partial charge >= 0.3 is 0 Å². The van der Waals surface area contributed by atoms with Crippen molar-refractivity contribution in [3.05, 3.63) is 238 Å². The van der Waals surface area contributed by atoms with E-state index >= 15 is 0 Å². The molecule has 0 radical (unpaired) electrons. The van der Waals surface area contributed by atoms with Crippen LogP contribution in [0.3, 0.4) is 0 Å². The lowest BCUT2D eigenvalue weighted by atomic mass is 9.84. The van der Waals surface area contributed by atoms with Crippen LogP contribution in [0.5, 0.6) is 0 Å². The molecular weight excluding hydrogens is 1010 g/mol. The number of benzene rings is 8. The second-order valence-electron chi connectivity index (χ2n) is 20.9. The molecule has 0 aromatic heterocycles. The highest BCUT2D eigenvalue weighted by atomic mass is 35.5. The van der Waals surface area contributed by atoms with Gasteiger partial charge in [-0.15, -0.1) is 0 Å². The molecule has 8 aromatic carbocycles. The average Bonchev–Trinajstić information content (AvgIpc) is 3.87. The Morgan fingerprint density at radius 1 is 0.481 bits per heavy atom. The van der Waals surface area contributed by atoms with Crippen LogP contribution in [-0.2, 0) is 25.7 Å². The summed E-state index contributed by atoms with van der Waals surface area (Å²) in [5.74, 6) is 0.505. The summed E-state index contributed by atoms with van der Waals surface area (Å²) < 4.78 is 0. The summed E-state index contributed by atoms with van der Waals surface area (Å²) in [6, 6.07) is 67.3. The van der Waals surface area contributed by atoms with Crippen LogP contribution in [0.4, 0.5) is 34.1 Å². The summed E-state index contributed by atoms with van der Waals surface area (Å²) in [5.41, 5.74) is 25.1. The van der Waals surface area contributed by atoms with Gasteiger partial charge in [-0.3, -0.25) is 0 Å². The van der Waals surface area contributed by atoms with E-state index in [9.17, 15) is 0 Å². The van der Waals surface area contributed by atoms with Gasteiger partial charge in [0.2, 0.25) is 0 Å². The third-order valence-electron chi connectivity index (χ3n) is 15.3. The van der Waals surface area contributed by atoms with Crippen LogP contribution in [0.15, 0.2) is 198 Å². The highest BCUT2D eigenvalue weighted by Gasteiger charge is 2.25. The molecule has 1 aliphatic carbocycles. The van der Waals surface area contributed by atoms with Gasteiger partial charge in [0.05, 0.1) is 11.4 Å². The zero-order valence-corrected chi connectivity index (χ0v) is 48.5. The normalized spacial score (nSPS) is 13.5. The quantitative estimate of drug-likeness (QED) is 0.0931. The predicted octanol–water partition coefficient (Wildman–Crippen LogP) is 15.6. The first kappa shape index (κ1) is 57.1. The van der Waals surface area contributed by atoms with Gasteiger partial charge < -0.3 is 36.0 Å². The van der Waals surface area contributed by atoms with Crippen molar-refractivity contribution in [3.8, 4) is 0 Å². The van der Waals surface area contributed by atoms with E-state index in [4.69, 9.17) is 17.3 Å². The number of halogens is 1. The molecule has 0 unspecified atom stereocenters. The fourth-order valence-corrected chi connectivity index (χ4v) is 12.7. The minimum absolute atomic E-state index is 0.505. The Hall–Kier alpha value is -6.62. The molecule has 408 valence electrons. The molecule has 4 N–H and O–H groups in total. The number of hydrogen-bond acceptors (Lipinski definition) is 8. The smallest absolute Gasteiger partial charge is 0.0567 e. The molecule has 0 spiro atoms. The lowest BCUT2D eigenvalue weighted by Gasteiger charge is -2.33. The van der Waals surface area contributed by atoms with Gasteiger partial charge in [-0.2, -0.15) is 0 Å². The third-order valence-corrected chi connectivity index (χ3v) is 16.7. The van der Waals surface area contributed by atoms with Crippen LogP contribution in [0, 0.1) is 0 Å². The molecule has 0 saturated carbocycles. The average molecular weight is 1090 g/mol. The number of nitrogens with zero attached hydrogens (tertiary/aromatic N) is 4. The molecule has 3 heterocycles. The van der Waals surface area contributed by atoms with Crippen molar-refractivity contribution in [2.75, 3.05) is 88.7 Å². The Bertz CT molecular complexity index is 3090. The molecule has 3 aliphatic heterocycles. The maximum Gasteiger partial charge on any atom is 0.0567 e. The number of hydrogen-bond donors (Lipinski definition) is 3. The first-order valence-corrected chi connectivity index (χ1v) is 29.7. The van der Waals surface area contributed by atoms with Crippen LogP contribution >= 0.6 is 23.4 Å². The summed E-state index contributed by atoms with van der Waals surface area (Å²) in [7, 11) is 8.27. The Kier molecular flexibility index (Phi) is 21.0. The zero-order valence-electron chi connectivity index (χ0n) is 46.9. The van der Waals surface area contributed by atoms with Crippen molar-refractivity contribution < 1.29 is 0 Å². The van der Waals surface area contributed by atoms with Gasteiger partial charge in [0.25, 0.3) is 0 Å². The van der Waals surface area contributed by atoms with Crippen molar-refractivity contribution in [1.82, 2.24) is 15.5 Å². The first-order valence-electron chi connectivity index (χ1n) is 28.6. The highest BCUT2D eigenvalue weighted by molar-refractivity contribution is 7.99. The number of nitrogens with two attached hydrogens (primary N) is 1. The minimum Gasteiger partial charge on any atom is -0.341 e. The highest BCUT2D eigenvalue weighted by Crippen LogP contribution is 2.49. The number of aryl methyl sites for hydroxylation is 4. The van der Waals surface area contributed by atoms with E-state index in [1.54, 1.807) is 0 Å². The lowest BCUT2D eigenvalue weighted by molar-refractivity contribution is 0.402. The van der Waals surface area contributed by atoms with E-state index in [-0.39, 0.29) is 0 Å². The molecule has 0 saturated heterocycles. The van der Waals surface area contributed by atoms with E-state index in [2.05, 4.69) is 238 Å². The molecule has 9 heteroatoms. The second-order valence-corrected chi connectivity index (χ2v) is 22.5. The largest absolute Gasteiger partial charge is 0.341 e. The molecule has 4 aliphatic rings. The molecule has 0 atom stereocenters. The molecule has 0 bridgehead atoms. The summed E-state index contributed by atoms with van der Waals surface area (Å²) in [5, 5.41) is 7.30. The molecule has 79 heavy (non-hydrogen) atoms. The van der Waals surface area contributed by atoms with Crippen molar-refractivity contribution in [2.24, 2.45) is 5.73 Å². The lowest BCUT2D eigenvalue weighted by Crippen LogP contribution is -2.25. The van der Waals surface area contributed by atoms with Gasteiger partial charge in [-0.1, -0.05) is 169 Å². The van der Waals surface area contributed by atoms with Gasteiger partial charge in [0.15, 0.2) is 0 Å². The van der Waals surface area contributed by atoms with Gasteiger partial charge in [-0.25, -0.2) is 0 Å². The summed E-state index contributed by atoms with van der Waals surface area (Å²) in [6.07, 6.45) is 13.7. The van der Waals surface area contributed by atoms with Crippen molar-refractivity contribution >= 4 is 69.6 Å². The second kappa shape index (κ2) is 29.0. The Labute approximate surface area is 481 Å². The molecule has 0 amide bonds. The van der Waals surface area contributed by atoms with E-state index in [0.717, 1.165) is 82.8 Å². The SMILES string of the molecule is CN(C)CCCN1c2ccccc2Sc2ccc(Cl)cc21.CNCCCC1c2ccccc2C=Cc2ccccc21.CNCCCN1c2ccccc2CCc2ccccc21.NCCN1c2ccccc2CCc2ccccc21. The number of nitrogens with one attached hydrogen (secondary N) is 2. The van der Waals surface area contributed by atoms with Crippen LogP contribution < -0.4 is 31.1 Å². The molecular formula is C70H80ClN7S. The molecule has 8 aromatic rings. The fourth-order valence-electron chi connectivity index (χ4n) is 11.5. The summed E-state index contributed by atoms with van der Waals surface area (Å²) in [4.78, 5) is 12.1. The Balaban J connectivity index is 0.000000128. The van der Waals surface area contributed by atoms with E-state index < -0.39 is 0 Å². The molecule has 0 fully saturated rings. The minimum atomic E-state index is 0.505. The number of para-hydroxylation sites is 5. The zero-order chi connectivity index (χ0) is 54.8. The number of fused-ring (bicyclic) bond motifs is 8. The van der Waals surface area contributed by atoms with E-state index in [1.165, 1.54) is 101 Å². The third kappa shape index (κ3) is 14.6. The number of rotatable bonds is 14. The monoisotopic (exact) mass is 1090 g/mol. The number of anilines is 6. The van der Waals surface area contributed by atoms with Crippen LogP contribution in [-0.4, -0.2) is 78.9 Å². The first-order chi connectivity index (χ1) is 38.8. The van der Waals surface area contributed by atoms with Crippen molar-refractivity contribution in [1.29, 1.82) is 0 Å².